The number of carbonyl (C=O) groups excluding carboxylic acids is 2. The van der Waals surface area contributed by atoms with E-state index in [-0.39, 0.29) is 6.61 Å². The van der Waals surface area contributed by atoms with Gasteiger partial charge in [-0.2, -0.15) is 0 Å². The number of hydrogen-bond donors (Lipinski definition) is 1. The highest BCUT2D eigenvalue weighted by atomic mass is 16.6. The van der Waals surface area contributed by atoms with E-state index in [1.807, 2.05) is 24.3 Å². The second-order valence-electron chi connectivity index (χ2n) is 6.09. The summed E-state index contributed by atoms with van der Waals surface area (Å²) in [7, 11) is 3.26. The molecule has 1 aromatic rings. The molecule has 0 radical (unpaired) electrons. The number of nitrogens with zero attached hydrogens (tertiary/aromatic N) is 2. The fraction of sp³-hybridized carbons (Fsp3) is 0.556. The zero-order valence-electron chi connectivity index (χ0n) is 15.7. The van der Waals surface area contributed by atoms with Crippen LogP contribution in [-0.4, -0.2) is 61.8 Å². The van der Waals surface area contributed by atoms with E-state index in [0.29, 0.717) is 25.7 Å². The maximum atomic E-state index is 12.0. The van der Waals surface area contributed by atoms with Crippen molar-refractivity contribution < 1.29 is 19.1 Å². The van der Waals surface area contributed by atoms with E-state index in [2.05, 4.69) is 19.2 Å². The van der Waals surface area contributed by atoms with Gasteiger partial charge in [0.05, 0.1) is 6.61 Å². The fourth-order valence-corrected chi connectivity index (χ4v) is 2.00. The molecule has 7 nitrogen and oxygen atoms in total. The van der Waals surface area contributed by atoms with E-state index < -0.39 is 12.2 Å². The number of ether oxygens (including phenoxy) is 2. The standard InChI is InChI=1S/C18H29N3O4/c1-6-24-17(22)20(4)11-12-21(5)18(23)25-13-15-7-9-16(10-8-15)19-14(2)3/h7-10,14,19H,6,11-13H2,1-5H3. The maximum absolute atomic E-state index is 12.0. The summed E-state index contributed by atoms with van der Waals surface area (Å²) in [5.74, 6) is 0. The molecule has 1 N–H and O–H groups in total. The molecule has 0 saturated carbocycles. The molecule has 0 atom stereocenters. The van der Waals surface area contributed by atoms with Gasteiger partial charge in [-0.25, -0.2) is 9.59 Å². The number of benzene rings is 1. The third-order valence-electron chi connectivity index (χ3n) is 3.43. The predicted octanol–water partition coefficient (Wildman–Crippen LogP) is 3.16. The van der Waals surface area contributed by atoms with Crippen LogP contribution in [0.15, 0.2) is 24.3 Å². The summed E-state index contributed by atoms with van der Waals surface area (Å²) in [6.07, 6.45) is -0.832. The van der Waals surface area contributed by atoms with Gasteiger partial charge in [-0.3, -0.25) is 0 Å². The molecule has 1 rings (SSSR count). The van der Waals surface area contributed by atoms with Crippen molar-refractivity contribution in [2.45, 2.75) is 33.4 Å². The van der Waals surface area contributed by atoms with E-state index >= 15 is 0 Å². The quantitative estimate of drug-likeness (QED) is 0.779. The molecular formula is C18H29N3O4. The molecule has 1 aromatic carbocycles. The molecular weight excluding hydrogens is 322 g/mol. The van der Waals surface area contributed by atoms with Crippen molar-refractivity contribution in [1.82, 2.24) is 9.80 Å². The normalized spacial score (nSPS) is 10.3. The summed E-state index contributed by atoms with van der Waals surface area (Å²) in [6, 6.07) is 8.13. The molecule has 0 fully saturated rings. The van der Waals surface area contributed by atoms with Crippen molar-refractivity contribution in [1.29, 1.82) is 0 Å². The first kappa shape index (κ1) is 20.6. The van der Waals surface area contributed by atoms with Crippen molar-refractivity contribution >= 4 is 17.9 Å². The second-order valence-corrected chi connectivity index (χ2v) is 6.09. The number of nitrogens with one attached hydrogen (secondary N) is 1. The maximum Gasteiger partial charge on any atom is 0.409 e. The van der Waals surface area contributed by atoms with Crippen LogP contribution in [0.25, 0.3) is 0 Å². The zero-order chi connectivity index (χ0) is 18.8. The van der Waals surface area contributed by atoms with Gasteiger partial charge in [0.25, 0.3) is 0 Å². The summed E-state index contributed by atoms with van der Waals surface area (Å²) in [5.41, 5.74) is 1.95. The SMILES string of the molecule is CCOC(=O)N(C)CCN(C)C(=O)OCc1ccc(NC(C)C)cc1. The Morgan fingerprint density at radius 2 is 1.52 bits per heavy atom. The first-order valence-electron chi connectivity index (χ1n) is 8.44. The molecule has 0 saturated heterocycles. The Morgan fingerprint density at radius 1 is 1.00 bits per heavy atom. The van der Waals surface area contributed by atoms with Crippen LogP contribution in [0.3, 0.4) is 0 Å². The minimum Gasteiger partial charge on any atom is -0.450 e. The van der Waals surface area contributed by atoms with Crippen LogP contribution < -0.4 is 5.32 Å². The molecule has 0 unspecified atom stereocenters. The molecule has 25 heavy (non-hydrogen) atoms. The number of anilines is 1. The van der Waals surface area contributed by atoms with Gasteiger partial charge in [-0.1, -0.05) is 12.1 Å². The summed E-state index contributed by atoms with van der Waals surface area (Å²) in [4.78, 5) is 26.3. The highest BCUT2D eigenvalue weighted by Gasteiger charge is 2.14. The third-order valence-corrected chi connectivity index (χ3v) is 3.43. The van der Waals surface area contributed by atoms with Crippen LogP contribution in [0.4, 0.5) is 15.3 Å². The highest BCUT2D eigenvalue weighted by Crippen LogP contribution is 2.12. The Kier molecular flexibility index (Phi) is 8.60. The van der Waals surface area contributed by atoms with Gasteiger partial charge in [-0.15, -0.1) is 0 Å². The number of carbonyl (C=O) groups is 2. The second kappa shape index (κ2) is 10.4. The van der Waals surface area contributed by atoms with E-state index in [1.54, 1.807) is 21.0 Å². The molecule has 0 bridgehead atoms. The minimum atomic E-state index is -0.429. The molecule has 0 aliphatic rings. The van der Waals surface area contributed by atoms with Crippen molar-refractivity contribution in [2.24, 2.45) is 0 Å². The van der Waals surface area contributed by atoms with E-state index in [1.165, 1.54) is 9.80 Å². The molecule has 0 aromatic heterocycles. The van der Waals surface area contributed by atoms with Crippen LogP contribution in [0.1, 0.15) is 26.3 Å². The number of amides is 2. The topological polar surface area (TPSA) is 71.1 Å². The lowest BCUT2D eigenvalue weighted by molar-refractivity contribution is 0.0939. The summed E-state index contributed by atoms with van der Waals surface area (Å²) in [6.45, 7) is 7.17. The van der Waals surface area contributed by atoms with Crippen LogP contribution in [-0.2, 0) is 16.1 Å². The Labute approximate surface area is 149 Å². The van der Waals surface area contributed by atoms with Crippen LogP contribution in [0, 0.1) is 0 Å². The molecule has 7 heteroatoms. The molecule has 0 aliphatic heterocycles. The average molecular weight is 351 g/mol. The summed E-state index contributed by atoms with van der Waals surface area (Å²) in [5, 5.41) is 3.30. The van der Waals surface area contributed by atoms with Crippen LogP contribution in [0.2, 0.25) is 0 Å². The fourth-order valence-electron chi connectivity index (χ4n) is 2.00. The molecule has 0 spiro atoms. The van der Waals surface area contributed by atoms with Crippen LogP contribution in [0.5, 0.6) is 0 Å². The van der Waals surface area contributed by atoms with Gasteiger partial charge in [0, 0.05) is 38.9 Å². The molecule has 140 valence electrons. The van der Waals surface area contributed by atoms with Gasteiger partial charge < -0.3 is 24.6 Å². The average Bonchev–Trinajstić information content (AvgIpc) is 2.58. The first-order valence-corrected chi connectivity index (χ1v) is 8.44. The molecule has 0 aliphatic carbocycles. The van der Waals surface area contributed by atoms with E-state index in [4.69, 9.17) is 9.47 Å². The Balaban J connectivity index is 2.36. The summed E-state index contributed by atoms with van der Waals surface area (Å²) >= 11 is 0. The van der Waals surface area contributed by atoms with Crippen molar-refractivity contribution in [3.8, 4) is 0 Å². The van der Waals surface area contributed by atoms with Crippen LogP contribution >= 0.6 is 0 Å². The van der Waals surface area contributed by atoms with Gasteiger partial charge in [-0.05, 0) is 38.5 Å². The third kappa shape index (κ3) is 7.78. The van der Waals surface area contributed by atoms with Crippen molar-refractivity contribution in [2.75, 3.05) is 39.1 Å². The predicted molar refractivity (Wildman–Crippen MR) is 97.7 cm³/mol. The van der Waals surface area contributed by atoms with Gasteiger partial charge in [0.1, 0.15) is 6.61 Å². The van der Waals surface area contributed by atoms with Gasteiger partial charge >= 0.3 is 12.2 Å². The highest BCUT2D eigenvalue weighted by molar-refractivity contribution is 5.68. The number of likely N-dealkylation sites (N-methyl/N-ethyl adjacent to an activating group) is 2. The smallest absolute Gasteiger partial charge is 0.409 e. The Hall–Kier alpha value is -2.44. The first-order chi connectivity index (χ1) is 11.8. The molecule has 2 amide bonds. The lowest BCUT2D eigenvalue weighted by Crippen LogP contribution is -2.37. The lowest BCUT2D eigenvalue weighted by Gasteiger charge is -2.21. The van der Waals surface area contributed by atoms with Crippen molar-refractivity contribution in [3.05, 3.63) is 29.8 Å². The van der Waals surface area contributed by atoms with Crippen molar-refractivity contribution in [3.63, 3.8) is 0 Å². The minimum absolute atomic E-state index is 0.207. The lowest BCUT2D eigenvalue weighted by atomic mass is 10.2. The Morgan fingerprint density at radius 3 is 2.00 bits per heavy atom. The number of hydrogen-bond acceptors (Lipinski definition) is 5. The largest absolute Gasteiger partial charge is 0.450 e. The molecule has 0 heterocycles. The zero-order valence-corrected chi connectivity index (χ0v) is 15.7. The van der Waals surface area contributed by atoms with E-state index in [0.717, 1.165) is 11.3 Å². The van der Waals surface area contributed by atoms with Gasteiger partial charge in [0.15, 0.2) is 0 Å². The number of rotatable bonds is 8. The Bertz CT molecular complexity index is 546. The van der Waals surface area contributed by atoms with Gasteiger partial charge in [0.2, 0.25) is 0 Å². The summed E-state index contributed by atoms with van der Waals surface area (Å²) < 4.78 is 10.2. The monoisotopic (exact) mass is 351 g/mol. The van der Waals surface area contributed by atoms with E-state index in [9.17, 15) is 9.59 Å².